The molecule has 1 aliphatic heterocycles. The number of fused-ring (bicyclic) bond motifs is 1. The third-order valence-corrected chi connectivity index (χ3v) is 4.75. The first-order valence-electron chi connectivity index (χ1n) is 9.38. The molecule has 1 unspecified atom stereocenters. The number of nitrogens with one attached hydrogen (secondary N) is 2. The van der Waals surface area contributed by atoms with E-state index in [2.05, 4.69) is 26.4 Å². The standard InChI is InChI=1S/C21H25F2N3O3/c1-24-21(25-12-14-9-10-28-19-6-4-3-5-17(14)19)26-13-15-11-16(27-2)7-8-18(15)29-20(22)23/h3-8,11,14,20H,9-10,12-13H2,1-2H3,(H2,24,25,26). The van der Waals surface area contributed by atoms with Gasteiger partial charge in [0.05, 0.1) is 13.7 Å². The monoisotopic (exact) mass is 405 g/mol. The van der Waals surface area contributed by atoms with Crippen LogP contribution in [0.3, 0.4) is 0 Å². The minimum Gasteiger partial charge on any atom is -0.497 e. The van der Waals surface area contributed by atoms with Crippen LogP contribution >= 0.6 is 0 Å². The molecule has 0 aromatic heterocycles. The molecule has 2 aromatic carbocycles. The maximum absolute atomic E-state index is 12.7. The number of halogens is 2. The van der Waals surface area contributed by atoms with Crippen molar-refractivity contribution in [3.05, 3.63) is 53.6 Å². The van der Waals surface area contributed by atoms with Crippen LogP contribution in [0.4, 0.5) is 8.78 Å². The van der Waals surface area contributed by atoms with Crippen LogP contribution in [0.25, 0.3) is 0 Å². The zero-order chi connectivity index (χ0) is 20.6. The van der Waals surface area contributed by atoms with E-state index in [4.69, 9.17) is 9.47 Å². The zero-order valence-electron chi connectivity index (χ0n) is 16.5. The van der Waals surface area contributed by atoms with Gasteiger partial charge in [0.1, 0.15) is 17.2 Å². The molecule has 0 spiro atoms. The highest BCUT2D eigenvalue weighted by Crippen LogP contribution is 2.32. The molecule has 0 fully saturated rings. The normalized spacial score (nSPS) is 16.0. The molecule has 0 saturated heterocycles. The van der Waals surface area contributed by atoms with Crippen molar-refractivity contribution in [1.29, 1.82) is 0 Å². The first-order valence-corrected chi connectivity index (χ1v) is 9.38. The summed E-state index contributed by atoms with van der Waals surface area (Å²) in [5, 5.41) is 6.44. The molecule has 3 rings (SSSR count). The minimum absolute atomic E-state index is 0.0992. The van der Waals surface area contributed by atoms with E-state index in [0.29, 0.717) is 36.3 Å². The lowest BCUT2D eigenvalue weighted by molar-refractivity contribution is -0.0504. The van der Waals surface area contributed by atoms with E-state index in [9.17, 15) is 8.78 Å². The van der Waals surface area contributed by atoms with Crippen molar-refractivity contribution >= 4 is 5.96 Å². The summed E-state index contributed by atoms with van der Waals surface area (Å²) in [6, 6.07) is 12.7. The van der Waals surface area contributed by atoms with Gasteiger partial charge in [0.15, 0.2) is 5.96 Å². The Kier molecular flexibility index (Phi) is 7.10. The quantitative estimate of drug-likeness (QED) is 0.545. The van der Waals surface area contributed by atoms with Gasteiger partial charge in [0.25, 0.3) is 0 Å². The van der Waals surface area contributed by atoms with Gasteiger partial charge in [-0.2, -0.15) is 8.78 Å². The van der Waals surface area contributed by atoms with Crippen LogP contribution in [0.2, 0.25) is 0 Å². The Balaban J connectivity index is 1.62. The van der Waals surface area contributed by atoms with Crippen molar-refractivity contribution in [2.75, 3.05) is 27.3 Å². The number of aliphatic imine (C=N–C) groups is 1. The lowest BCUT2D eigenvalue weighted by Gasteiger charge is -2.26. The second-order valence-electron chi connectivity index (χ2n) is 6.53. The molecule has 6 nitrogen and oxygen atoms in total. The SMILES string of the molecule is CN=C(NCc1cc(OC)ccc1OC(F)F)NCC1CCOc2ccccc21. The summed E-state index contributed by atoms with van der Waals surface area (Å²) >= 11 is 0. The van der Waals surface area contributed by atoms with Crippen molar-refractivity contribution in [3.63, 3.8) is 0 Å². The Bertz CT molecular complexity index is 846. The van der Waals surface area contributed by atoms with Gasteiger partial charge in [0, 0.05) is 31.6 Å². The Morgan fingerprint density at radius 1 is 1.24 bits per heavy atom. The average molecular weight is 405 g/mol. The average Bonchev–Trinajstić information content (AvgIpc) is 2.74. The highest BCUT2D eigenvalue weighted by molar-refractivity contribution is 5.79. The minimum atomic E-state index is -2.90. The van der Waals surface area contributed by atoms with E-state index in [1.54, 1.807) is 19.2 Å². The number of hydrogen-bond donors (Lipinski definition) is 2. The van der Waals surface area contributed by atoms with Crippen LogP contribution in [0.5, 0.6) is 17.2 Å². The smallest absolute Gasteiger partial charge is 0.387 e. The number of benzene rings is 2. The van der Waals surface area contributed by atoms with E-state index < -0.39 is 6.61 Å². The Morgan fingerprint density at radius 2 is 2.07 bits per heavy atom. The van der Waals surface area contributed by atoms with Gasteiger partial charge < -0.3 is 24.8 Å². The van der Waals surface area contributed by atoms with Gasteiger partial charge in [-0.05, 0) is 36.2 Å². The van der Waals surface area contributed by atoms with Crippen LogP contribution in [0, 0.1) is 0 Å². The van der Waals surface area contributed by atoms with Crippen LogP contribution in [0.15, 0.2) is 47.5 Å². The lowest BCUT2D eigenvalue weighted by atomic mass is 9.93. The van der Waals surface area contributed by atoms with E-state index in [0.717, 1.165) is 12.2 Å². The highest BCUT2D eigenvalue weighted by Gasteiger charge is 2.21. The fourth-order valence-corrected chi connectivity index (χ4v) is 3.28. The summed E-state index contributed by atoms with van der Waals surface area (Å²) in [7, 11) is 3.18. The van der Waals surface area contributed by atoms with Crippen LogP contribution in [-0.4, -0.2) is 39.9 Å². The second kappa shape index (κ2) is 9.95. The highest BCUT2D eigenvalue weighted by atomic mass is 19.3. The largest absolute Gasteiger partial charge is 0.497 e. The van der Waals surface area contributed by atoms with Gasteiger partial charge in [0.2, 0.25) is 0 Å². The first-order chi connectivity index (χ1) is 14.1. The number of guanidine groups is 1. The molecule has 2 N–H and O–H groups in total. The molecule has 0 radical (unpaired) electrons. The van der Waals surface area contributed by atoms with E-state index in [-0.39, 0.29) is 12.3 Å². The molecule has 1 heterocycles. The Labute approximate surface area is 168 Å². The molecule has 29 heavy (non-hydrogen) atoms. The third kappa shape index (κ3) is 5.49. The van der Waals surface area contributed by atoms with Crippen molar-refractivity contribution < 1.29 is 23.0 Å². The molecule has 0 aliphatic carbocycles. The zero-order valence-corrected chi connectivity index (χ0v) is 16.5. The molecule has 1 aliphatic rings. The maximum atomic E-state index is 12.7. The fourth-order valence-electron chi connectivity index (χ4n) is 3.28. The summed E-state index contributed by atoms with van der Waals surface area (Å²) < 4.78 is 40.8. The van der Waals surface area contributed by atoms with Crippen LogP contribution < -0.4 is 24.8 Å². The summed E-state index contributed by atoms with van der Waals surface area (Å²) in [4.78, 5) is 4.22. The van der Waals surface area contributed by atoms with Crippen molar-refractivity contribution in [1.82, 2.24) is 10.6 Å². The van der Waals surface area contributed by atoms with Gasteiger partial charge in [-0.15, -0.1) is 0 Å². The second-order valence-corrected chi connectivity index (χ2v) is 6.53. The first kappa shape index (κ1) is 20.7. The number of hydrogen-bond acceptors (Lipinski definition) is 4. The predicted octanol–water partition coefficient (Wildman–Crippen LogP) is 3.53. The van der Waals surface area contributed by atoms with Crippen molar-refractivity contribution in [2.24, 2.45) is 4.99 Å². The molecule has 1 atom stereocenters. The van der Waals surface area contributed by atoms with Gasteiger partial charge >= 0.3 is 6.61 Å². The molecule has 156 valence electrons. The Hall–Kier alpha value is -3.03. The third-order valence-electron chi connectivity index (χ3n) is 4.75. The summed E-state index contributed by atoms with van der Waals surface area (Å²) in [5.41, 5.74) is 1.71. The topological polar surface area (TPSA) is 64.1 Å². The van der Waals surface area contributed by atoms with Gasteiger partial charge in [-0.3, -0.25) is 4.99 Å². The number of nitrogens with zero attached hydrogens (tertiary/aromatic N) is 1. The van der Waals surface area contributed by atoms with Crippen LogP contribution in [0.1, 0.15) is 23.5 Å². The lowest BCUT2D eigenvalue weighted by Crippen LogP contribution is -2.39. The summed E-state index contributed by atoms with van der Waals surface area (Å²) in [6.45, 7) is -1.29. The number of methoxy groups -OCH3 is 1. The summed E-state index contributed by atoms with van der Waals surface area (Å²) in [5.74, 6) is 2.44. The molecular formula is C21H25F2N3O3. The number of para-hydroxylation sites is 1. The molecule has 0 bridgehead atoms. The van der Waals surface area contributed by atoms with Crippen molar-refractivity contribution in [3.8, 4) is 17.2 Å². The van der Waals surface area contributed by atoms with Crippen LogP contribution in [-0.2, 0) is 6.54 Å². The number of rotatable bonds is 7. The Morgan fingerprint density at radius 3 is 2.83 bits per heavy atom. The van der Waals surface area contributed by atoms with Crippen molar-refractivity contribution in [2.45, 2.75) is 25.5 Å². The van der Waals surface area contributed by atoms with E-state index >= 15 is 0 Å². The molecule has 0 saturated carbocycles. The molecule has 0 amide bonds. The number of alkyl halides is 2. The summed E-state index contributed by atoms with van der Waals surface area (Å²) in [6.07, 6.45) is 0.906. The maximum Gasteiger partial charge on any atom is 0.387 e. The van der Waals surface area contributed by atoms with E-state index in [1.807, 2.05) is 18.2 Å². The van der Waals surface area contributed by atoms with Gasteiger partial charge in [-0.1, -0.05) is 18.2 Å². The molecule has 8 heteroatoms. The molecular weight excluding hydrogens is 380 g/mol. The predicted molar refractivity (Wildman–Crippen MR) is 107 cm³/mol. The molecule has 2 aromatic rings. The van der Waals surface area contributed by atoms with Gasteiger partial charge in [-0.25, -0.2) is 0 Å². The number of ether oxygens (including phenoxy) is 3. The fraction of sp³-hybridized carbons (Fsp3) is 0.381. The van der Waals surface area contributed by atoms with E-state index in [1.165, 1.54) is 18.7 Å².